The van der Waals surface area contributed by atoms with Gasteiger partial charge in [-0.3, -0.25) is 4.79 Å². The number of likely N-dealkylation sites (tertiary alicyclic amines) is 1. The van der Waals surface area contributed by atoms with E-state index < -0.39 is 0 Å². The van der Waals surface area contributed by atoms with E-state index in [1.807, 2.05) is 18.7 Å². The second-order valence-corrected chi connectivity index (χ2v) is 5.15. The van der Waals surface area contributed by atoms with E-state index in [0.29, 0.717) is 24.9 Å². The fourth-order valence-electron chi connectivity index (χ4n) is 2.60. The zero-order chi connectivity index (χ0) is 11.5. The predicted octanol–water partition coefficient (Wildman–Crippen LogP) is 0.479. The number of rotatable bonds is 4. The first-order chi connectivity index (χ1) is 7.66. The van der Waals surface area contributed by atoms with Gasteiger partial charge in [0.2, 0.25) is 5.91 Å². The van der Waals surface area contributed by atoms with E-state index >= 15 is 0 Å². The molecular weight excluding hydrogens is 204 g/mol. The van der Waals surface area contributed by atoms with Crippen LogP contribution in [0.5, 0.6) is 0 Å². The molecule has 2 aliphatic rings. The van der Waals surface area contributed by atoms with Gasteiger partial charge < -0.3 is 15.0 Å². The number of fused-ring (bicyclic) bond motifs is 1. The monoisotopic (exact) mass is 226 g/mol. The first kappa shape index (κ1) is 11.9. The van der Waals surface area contributed by atoms with Crippen molar-refractivity contribution in [3.8, 4) is 0 Å². The van der Waals surface area contributed by atoms with Crippen LogP contribution < -0.4 is 5.32 Å². The van der Waals surface area contributed by atoms with Crippen LogP contribution in [0.3, 0.4) is 0 Å². The van der Waals surface area contributed by atoms with Crippen molar-refractivity contribution in [3.63, 3.8) is 0 Å². The first-order valence-electron chi connectivity index (χ1n) is 6.27. The van der Waals surface area contributed by atoms with Crippen molar-refractivity contribution < 1.29 is 9.53 Å². The molecular formula is C12H22N2O2. The second-order valence-electron chi connectivity index (χ2n) is 5.15. The number of carbonyl (C=O) groups excluding carboxylic acids is 1. The van der Waals surface area contributed by atoms with E-state index in [0.717, 1.165) is 26.2 Å². The van der Waals surface area contributed by atoms with Crippen molar-refractivity contribution in [3.05, 3.63) is 0 Å². The average Bonchev–Trinajstić information content (AvgIpc) is 2.75. The zero-order valence-corrected chi connectivity index (χ0v) is 10.2. The molecule has 2 rings (SSSR count). The van der Waals surface area contributed by atoms with Crippen molar-refractivity contribution in [1.82, 2.24) is 10.2 Å². The van der Waals surface area contributed by atoms with Crippen LogP contribution in [0.1, 0.15) is 20.3 Å². The lowest BCUT2D eigenvalue weighted by Crippen LogP contribution is -2.32. The second kappa shape index (κ2) is 5.15. The summed E-state index contributed by atoms with van der Waals surface area (Å²) in [6, 6.07) is 0. The molecule has 92 valence electrons. The molecule has 0 aromatic rings. The Bertz CT molecular complexity index is 243. The number of nitrogens with zero attached hydrogens (tertiary/aromatic N) is 1. The highest BCUT2D eigenvalue weighted by Crippen LogP contribution is 2.26. The number of ether oxygens (including phenoxy) is 1. The number of amides is 1. The molecule has 0 aromatic carbocycles. The van der Waals surface area contributed by atoms with Crippen molar-refractivity contribution in [2.75, 3.05) is 32.8 Å². The quantitative estimate of drug-likeness (QED) is 0.758. The molecule has 0 radical (unpaired) electrons. The summed E-state index contributed by atoms with van der Waals surface area (Å²) < 4.78 is 5.41. The van der Waals surface area contributed by atoms with E-state index in [1.165, 1.54) is 0 Å². The van der Waals surface area contributed by atoms with Crippen molar-refractivity contribution in [2.45, 2.75) is 26.4 Å². The van der Waals surface area contributed by atoms with Crippen molar-refractivity contribution in [2.24, 2.45) is 11.8 Å². The molecule has 2 fully saturated rings. The van der Waals surface area contributed by atoms with Crippen LogP contribution in [0.2, 0.25) is 0 Å². The van der Waals surface area contributed by atoms with Crippen LogP contribution in [0.15, 0.2) is 0 Å². The molecule has 0 spiro atoms. The minimum Gasteiger partial charge on any atom is -0.378 e. The molecule has 4 heteroatoms. The minimum atomic E-state index is 0.218. The molecule has 0 saturated carbocycles. The molecule has 2 atom stereocenters. The summed E-state index contributed by atoms with van der Waals surface area (Å²) in [6.07, 6.45) is 0.750. The van der Waals surface area contributed by atoms with Crippen LogP contribution in [-0.4, -0.2) is 49.7 Å². The van der Waals surface area contributed by atoms with Gasteiger partial charge in [0.1, 0.15) is 0 Å². The van der Waals surface area contributed by atoms with Gasteiger partial charge >= 0.3 is 0 Å². The number of hydrogen-bond donors (Lipinski definition) is 1. The largest absolute Gasteiger partial charge is 0.378 e. The molecule has 0 aliphatic carbocycles. The SMILES string of the molecule is CC(C)OCCC(=O)N1C[C@H]2CNC[C@H]2C1. The van der Waals surface area contributed by atoms with Crippen LogP contribution in [0.25, 0.3) is 0 Å². The number of carbonyl (C=O) groups is 1. The van der Waals surface area contributed by atoms with Gasteiger partial charge in [-0.2, -0.15) is 0 Å². The van der Waals surface area contributed by atoms with Crippen LogP contribution >= 0.6 is 0 Å². The Hall–Kier alpha value is -0.610. The standard InChI is InChI=1S/C12H22N2O2/c1-9(2)16-4-3-12(15)14-7-10-5-13-6-11(10)8-14/h9-11,13H,3-8H2,1-2H3/t10-,11+. The summed E-state index contributed by atoms with van der Waals surface area (Å²) in [5.41, 5.74) is 0. The molecule has 1 amide bonds. The van der Waals surface area contributed by atoms with Gasteiger partial charge in [-0.15, -0.1) is 0 Å². The smallest absolute Gasteiger partial charge is 0.224 e. The molecule has 2 saturated heterocycles. The molecule has 16 heavy (non-hydrogen) atoms. The van der Waals surface area contributed by atoms with Gasteiger partial charge in [0.05, 0.1) is 19.1 Å². The highest BCUT2D eigenvalue weighted by Gasteiger charge is 2.37. The fourth-order valence-corrected chi connectivity index (χ4v) is 2.60. The molecule has 0 unspecified atom stereocenters. The zero-order valence-electron chi connectivity index (χ0n) is 10.2. The highest BCUT2D eigenvalue weighted by molar-refractivity contribution is 5.76. The number of nitrogens with one attached hydrogen (secondary N) is 1. The van der Waals surface area contributed by atoms with Gasteiger partial charge in [0, 0.05) is 26.2 Å². The fraction of sp³-hybridized carbons (Fsp3) is 0.917. The third kappa shape index (κ3) is 2.74. The van der Waals surface area contributed by atoms with E-state index in [4.69, 9.17) is 4.74 Å². The number of hydrogen-bond acceptors (Lipinski definition) is 3. The van der Waals surface area contributed by atoms with Gasteiger partial charge in [0.15, 0.2) is 0 Å². The average molecular weight is 226 g/mol. The third-order valence-electron chi connectivity index (χ3n) is 3.51. The van der Waals surface area contributed by atoms with Crippen LogP contribution in [0.4, 0.5) is 0 Å². The maximum absolute atomic E-state index is 11.9. The first-order valence-corrected chi connectivity index (χ1v) is 6.27. The summed E-state index contributed by atoms with van der Waals surface area (Å²) in [7, 11) is 0. The van der Waals surface area contributed by atoms with Crippen molar-refractivity contribution >= 4 is 5.91 Å². The Morgan fingerprint density at radius 1 is 1.38 bits per heavy atom. The molecule has 2 aliphatic heterocycles. The Morgan fingerprint density at radius 3 is 2.56 bits per heavy atom. The lowest BCUT2D eigenvalue weighted by Gasteiger charge is -2.17. The lowest BCUT2D eigenvalue weighted by molar-refractivity contribution is -0.131. The normalized spacial score (nSPS) is 28.8. The van der Waals surface area contributed by atoms with E-state index in [2.05, 4.69) is 5.32 Å². The Labute approximate surface area is 97.3 Å². The van der Waals surface area contributed by atoms with Gasteiger partial charge in [-0.25, -0.2) is 0 Å². The summed E-state index contributed by atoms with van der Waals surface area (Å²) in [6.45, 7) is 8.59. The maximum atomic E-state index is 11.9. The molecule has 0 aromatic heterocycles. The Morgan fingerprint density at radius 2 is 2.00 bits per heavy atom. The maximum Gasteiger partial charge on any atom is 0.224 e. The summed E-state index contributed by atoms with van der Waals surface area (Å²) >= 11 is 0. The molecule has 4 nitrogen and oxygen atoms in total. The Kier molecular flexibility index (Phi) is 3.82. The lowest BCUT2D eigenvalue weighted by atomic mass is 10.0. The van der Waals surface area contributed by atoms with Gasteiger partial charge in [-0.1, -0.05) is 0 Å². The van der Waals surface area contributed by atoms with E-state index in [1.54, 1.807) is 0 Å². The van der Waals surface area contributed by atoms with E-state index in [9.17, 15) is 4.79 Å². The summed E-state index contributed by atoms with van der Waals surface area (Å²) in [5.74, 6) is 1.64. The van der Waals surface area contributed by atoms with Crippen LogP contribution in [0, 0.1) is 11.8 Å². The van der Waals surface area contributed by atoms with Gasteiger partial charge in [0.25, 0.3) is 0 Å². The predicted molar refractivity (Wildman–Crippen MR) is 62.1 cm³/mol. The third-order valence-corrected chi connectivity index (χ3v) is 3.51. The molecule has 2 heterocycles. The highest BCUT2D eigenvalue weighted by atomic mass is 16.5. The van der Waals surface area contributed by atoms with E-state index in [-0.39, 0.29) is 12.0 Å². The summed E-state index contributed by atoms with van der Waals surface area (Å²) in [4.78, 5) is 13.9. The minimum absolute atomic E-state index is 0.218. The Balaban J connectivity index is 1.70. The summed E-state index contributed by atoms with van der Waals surface area (Å²) in [5, 5.41) is 3.38. The van der Waals surface area contributed by atoms with Crippen LogP contribution in [-0.2, 0) is 9.53 Å². The molecule has 1 N–H and O–H groups in total. The topological polar surface area (TPSA) is 41.6 Å². The van der Waals surface area contributed by atoms with Gasteiger partial charge in [-0.05, 0) is 25.7 Å². The van der Waals surface area contributed by atoms with Crippen molar-refractivity contribution in [1.29, 1.82) is 0 Å². The molecule has 0 bridgehead atoms.